The fourth-order valence-electron chi connectivity index (χ4n) is 2.15. The van der Waals surface area contributed by atoms with Crippen molar-refractivity contribution in [1.29, 1.82) is 0 Å². The van der Waals surface area contributed by atoms with Crippen molar-refractivity contribution in [3.05, 3.63) is 29.3 Å². The van der Waals surface area contributed by atoms with E-state index in [0.717, 1.165) is 5.56 Å². The van der Waals surface area contributed by atoms with Crippen LogP contribution in [0.3, 0.4) is 0 Å². The van der Waals surface area contributed by atoms with Crippen molar-refractivity contribution in [3.8, 4) is 0 Å². The third kappa shape index (κ3) is 2.60. The van der Waals surface area contributed by atoms with Crippen LogP contribution in [-0.2, 0) is 0 Å². The largest absolute Gasteiger partial charge is 0.399 e. The monoisotopic (exact) mass is 232 g/mol. The maximum Gasteiger partial charge on any atom is 0.252 e. The Bertz CT molecular complexity index is 448. The highest BCUT2D eigenvalue weighted by Crippen LogP contribution is 2.39. The Labute approximate surface area is 102 Å². The molecule has 92 valence electrons. The summed E-state index contributed by atoms with van der Waals surface area (Å²) in [7, 11) is 0. The van der Waals surface area contributed by atoms with Crippen LogP contribution >= 0.6 is 0 Å². The molecule has 3 heteroatoms. The number of anilines is 1. The van der Waals surface area contributed by atoms with Crippen molar-refractivity contribution in [2.75, 3.05) is 5.73 Å². The SMILES string of the molecule is Cc1ccc(N)cc1C(=O)NC(C)(C)C1CC1. The summed E-state index contributed by atoms with van der Waals surface area (Å²) in [6, 6.07) is 5.44. The molecule has 0 spiro atoms. The molecule has 0 aliphatic heterocycles. The third-order valence-corrected chi connectivity index (χ3v) is 3.54. The number of nitrogen functional groups attached to an aromatic ring is 1. The smallest absolute Gasteiger partial charge is 0.252 e. The molecule has 1 aliphatic rings. The maximum absolute atomic E-state index is 12.2. The molecule has 0 heterocycles. The van der Waals surface area contributed by atoms with Crippen LogP contribution < -0.4 is 11.1 Å². The first-order chi connectivity index (χ1) is 7.90. The molecule has 0 atom stereocenters. The Morgan fingerprint density at radius 3 is 2.65 bits per heavy atom. The number of hydrogen-bond donors (Lipinski definition) is 2. The van der Waals surface area contributed by atoms with Gasteiger partial charge in [0.15, 0.2) is 0 Å². The van der Waals surface area contributed by atoms with E-state index in [1.807, 2.05) is 19.1 Å². The quantitative estimate of drug-likeness (QED) is 0.787. The minimum Gasteiger partial charge on any atom is -0.399 e. The Balaban J connectivity index is 2.16. The van der Waals surface area contributed by atoms with Crippen molar-refractivity contribution >= 4 is 11.6 Å². The number of amides is 1. The van der Waals surface area contributed by atoms with Gasteiger partial charge in [0.2, 0.25) is 0 Å². The van der Waals surface area contributed by atoms with E-state index in [4.69, 9.17) is 5.73 Å². The lowest BCUT2D eigenvalue weighted by atomic mass is 9.97. The van der Waals surface area contributed by atoms with Gasteiger partial charge >= 0.3 is 0 Å². The van der Waals surface area contributed by atoms with Crippen molar-refractivity contribution in [3.63, 3.8) is 0 Å². The van der Waals surface area contributed by atoms with E-state index in [0.29, 0.717) is 17.2 Å². The zero-order chi connectivity index (χ0) is 12.6. The van der Waals surface area contributed by atoms with Gasteiger partial charge in [-0.3, -0.25) is 4.79 Å². The van der Waals surface area contributed by atoms with Gasteiger partial charge in [0.05, 0.1) is 0 Å². The van der Waals surface area contributed by atoms with Crippen molar-refractivity contribution < 1.29 is 4.79 Å². The summed E-state index contributed by atoms with van der Waals surface area (Å²) >= 11 is 0. The molecule has 1 saturated carbocycles. The van der Waals surface area contributed by atoms with E-state index >= 15 is 0 Å². The molecular formula is C14H20N2O. The number of carbonyl (C=O) groups is 1. The van der Waals surface area contributed by atoms with Crippen LogP contribution in [0.1, 0.15) is 42.6 Å². The van der Waals surface area contributed by atoms with Crippen LogP contribution in [0.15, 0.2) is 18.2 Å². The van der Waals surface area contributed by atoms with E-state index in [9.17, 15) is 4.79 Å². The number of rotatable bonds is 3. The normalized spacial score (nSPS) is 15.7. The summed E-state index contributed by atoms with van der Waals surface area (Å²) in [6.07, 6.45) is 2.42. The van der Waals surface area contributed by atoms with Crippen LogP contribution in [0.4, 0.5) is 5.69 Å². The van der Waals surface area contributed by atoms with Gasteiger partial charge in [-0.1, -0.05) is 6.07 Å². The summed E-state index contributed by atoms with van der Waals surface area (Å²) in [5, 5.41) is 3.11. The molecule has 1 amide bonds. The molecule has 3 nitrogen and oxygen atoms in total. The summed E-state index contributed by atoms with van der Waals surface area (Å²) in [5.74, 6) is 0.597. The lowest BCUT2D eigenvalue weighted by molar-refractivity contribution is 0.0903. The maximum atomic E-state index is 12.2. The van der Waals surface area contributed by atoms with Gasteiger partial charge in [-0.15, -0.1) is 0 Å². The zero-order valence-electron chi connectivity index (χ0n) is 10.7. The topological polar surface area (TPSA) is 55.1 Å². The highest BCUT2D eigenvalue weighted by atomic mass is 16.1. The first-order valence-electron chi connectivity index (χ1n) is 6.09. The average molecular weight is 232 g/mol. The molecule has 1 aliphatic carbocycles. The van der Waals surface area contributed by atoms with Crippen LogP contribution in [0.2, 0.25) is 0 Å². The predicted octanol–water partition coefficient (Wildman–Crippen LogP) is 2.50. The molecule has 1 aromatic carbocycles. The van der Waals surface area contributed by atoms with Gasteiger partial charge < -0.3 is 11.1 Å². The van der Waals surface area contributed by atoms with Crippen LogP contribution in [0, 0.1) is 12.8 Å². The van der Waals surface area contributed by atoms with E-state index < -0.39 is 0 Å². The van der Waals surface area contributed by atoms with Crippen molar-refractivity contribution in [1.82, 2.24) is 5.32 Å². The highest BCUT2D eigenvalue weighted by Gasteiger charge is 2.38. The molecule has 2 rings (SSSR count). The second-order valence-corrected chi connectivity index (χ2v) is 5.52. The fraction of sp³-hybridized carbons (Fsp3) is 0.500. The summed E-state index contributed by atoms with van der Waals surface area (Å²) in [5.41, 5.74) is 7.87. The molecule has 0 aromatic heterocycles. The molecule has 17 heavy (non-hydrogen) atoms. The summed E-state index contributed by atoms with van der Waals surface area (Å²) in [4.78, 5) is 12.2. The Morgan fingerprint density at radius 2 is 2.06 bits per heavy atom. The van der Waals surface area contributed by atoms with Crippen LogP contribution in [0.5, 0.6) is 0 Å². The van der Waals surface area contributed by atoms with Gasteiger partial charge in [0, 0.05) is 16.8 Å². The van der Waals surface area contributed by atoms with Crippen LogP contribution in [-0.4, -0.2) is 11.4 Å². The molecular weight excluding hydrogens is 212 g/mol. The first-order valence-corrected chi connectivity index (χ1v) is 6.09. The minimum atomic E-state index is -0.117. The lowest BCUT2D eigenvalue weighted by Crippen LogP contribution is -2.45. The Morgan fingerprint density at radius 1 is 1.41 bits per heavy atom. The van der Waals surface area contributed by atoms with E-state index in [2.05, 4.69) is 19.2 Å². The second-order valence-electron chi connectivity index (χ2n) is 5.52. The summed E-state index contributed by atoms with van der Waals surface area (Å²) in [6.45, 7) is 6.10. The van der Waals surface area contributed by atoms with Crippen molar-refractivity contribution in [2.45, 2.75) is 39.2 Å². The standard InChI is InChI=1S/C14H20N2O/c1-9-4-7-11(15)8-12(9)13(17)16-14(2,3)10-5-6-10/h4,7-8,10H,5-6,15H2,1-3H3,(H,16,17). The average Bonchev–Trinajstić information content (AvgIpc) is 3.04. The van der Waals surface area contributed by atoms with Gasteiger partial charge in [-0.05, 0) is 57.2 Å². The number of hydrogen-bond acceptors (Lipinski definition) is 2. The first kappa shape index (κ1) is 12.0. The van der Waals surface area contributed by atoms with Gasteiger partial charge in [0.1, 0.15) is 0 Å². The minimum absolute atomic E-state index is 0.0216. The molecule has 0 radical (unpaired) electrons. The van der Waals surface area contributed by atoms with Crippen LogP contribution in [0.25, 0.3) is 0 Å². The predicted molar refractivity (Wildman–Crippen MR) is 69.9 cm³/mol. The molecule has 0 saturated heterocycles. The number of nitrogens with one attached hydrogen (secondary N) is 1. The number of benzene rings is 1. The lowest BCUT2D eigenvalue weighted by Gasteiger charge is -2.26. The highest BCUT2D eigenvalue weighted by molar-refractivity contribution is 5.96. The van der Waals surface area contributed by atoms with E-state index in [1.165, 1.54) is 12.8 Å². The molecule has 1 fully saturated rings. The molecule has 1 aromatic rings. The number of carbonyl (C=O) groups excluding carboxylic acids is 1. The molecule has 0 unspecified atom stereocenters. The Kier molecular flexibility index (Phi) is 2.86. The zero-order valence-corrected chi connectivity index (χ0v) is 10.7. The fourth-order valence-corrected chi connectivity index (χ4v) is 2.15. The van der Waals surface area contributed by atoms with Gasteiger partial charge in [-0.25, -0.2) is 0 Å². The van der Waals surface area contributed by atoms with E-state index in [-0.39, 0.29) is 11.4 Å². The molecule has 0 bridgehead atoms. The van der Waals surface area contributed by atoms with Gasteiger partial charge in [0.25, 0.3) is 5.91 Å². The molecule has 3 N–H and O–H groups in total. The number of aryl methyl sites for hydroxylation is 1. The van der Waals surface area contributed by atoms with Crippen molar-refractivity contribution in [2.24, 2.45) is 5.92 Å². The number of nitrogens with two attached hydrogens (primary N) is 1. The van der Waals surface area contributed by atoms with E-state index in [1.54, 1.807) is 6.07 Å². The third-order valence-electron chi connectivity index (χ3n) is 3.54. The summed E-state index contributed by atoms with van der Waals surface area (Å²) < 4.78 is 0. The second kappa shape index (κ2) is 4.06. The van der Waals surface area contributed by atoms with Gasteiger partial charge in [-0.2, -0.15) is 0 Å². The Hall–Kier alpha value is -1.51.